The molecular formula is C37H54CoN2O6. The third-order valence-corrected chi connectivity index (χ3v) is 7.35. The van der Waals surface area contributed by atoms with E-state index in [0.717, 1.165) is 81.0 Å². The predicted octanol–water partition coefficient (Wildman–Crippen LogP) is 5.57. The Hall–Kier alpha value is -3.17. The monoisotopic (exact) mass is 681 g/mol. The normalized spacial score (nSPS) is 16.3. The van der Waals surface area contributed by atoms with Crippen molar-refractivity contribution >= 4 is 24.4 Å². The van der Waals surface area contributed by atoms with Crippen molar-refractivity contribution in [3.05, 3.63) is 57.6 Å². The van der Waals surface area contributed by atoms with Crippen LogP contribution in [-0.4, -0.2) is 46.7 Å². The van der Waals surface area contributed by atoms with Gasteiger partial charge in [0.1, 0.15) is 11.5 Å². The summed E-state index contributed by atoms with van der Waals surface area (Å²) in [6, 6.07) is 8.60. The summed E-state index contributed by atoms with van der Waals surface area (Å²) in [6.07, 6.45) is 10.9. The number of benzene rings is 2. The number of hydrogen-bond donors (Lipinski definition) is 2. The fourth-order valence-corrected chi connectivity index (χ4v) is 5.27. The Balaban J connectivity index is 0.00000201. The first-order valence-electron chi connectivity index (χ1n) is 16.0. The van der Waals surface area contributed by atoms with E-state index in [-0.39, 0.29) is 39.7 Å². The molecule has 46 heavy (non-hydrogen) atoms. The van der Waals surface area contributed by atoms with Gasteiger partial charge < -0.3 is 30.0 Å². The topological polar surface area (TPSA) is 145 Å². The minimum Gasteiger partial charge on any atom is -0.550 e. The Morgan fingerprint density at radius 1 is 0.739 bits per heavy atom. The molecule has 1 aliphatic carbocycles. The summed E-state index contributed by atoms with van der Waals surface area (Å²) in [6.45, 7) is 19.1. The van der Waals surface area contributed by atoms with Crippen LogP contribution in [0.5, 0.6) is 11.5 Å². The standard InChI is InChI=1S/C33H48N2O2.2C2H4O2.Co/c1-9-12-22-16-24(30(36)26(18-22)32(3,4)5)20-34-28-14-11-15-29(28)35-21-25-17-23(13-10-2)19-27(31(25)37)33(6,7)8;2*1-2(3)4;/h16-21,28-29,36-37H,9-15H2,1-8H3;2*1H3,(H,3,4);/q;;;+2/p-2. The summed E-state index contributed by atoms with van der Waals surface area (Å²) in [5, 5.41) is 39.9. The zero-order chi connectivity index (χ0) is 34.5. The van der Waals surface area contributed by atoms with Crippen LogP contribution in [0.25, 0.3) is 0 Å². The summed E-state index contributed by atoms with van der Waals surface area (Å²) in [7, 11) is 0. The summed E-state index contributed by atoms with van der Waals surface area (Å²) in [5.74, 6) is -1.50. The molecule has 2 aromatic carbocycles. The van der Waals surface area contributed by atoms with Gasteiger partial charge in [-0.1, -0.05) is 80.4 Å². The molecule has 2 atom stereocenters. The molecule has 257 valence electrons. The first-order chi connectivity index (χ1) is 20.8. The molecule has 0 bridgehead atoms. The van der Waals surface area contributed by atoms with E-state index in [4.69, 9.17) is 29.8 Å². The van der Waals surface area contributed by atoms with E-state index >= 15 is 0 Å². The molecule has 0 spiro atoms. The molecule has 1 radical (unpaired) electrons. The number of phenols is 2. The van der Waals surface area contributed by atoms with Gasteiger partial charge in [-0.2, -0.15) is 0 Å². The van der Waals surface area contributed by atoms with E-state index in [2.05, 4.69) is 79.7 Å². The molecule has 2 aromatic rings. The number of hydrogen-bond acceptors (Lipinski definition) is 8. The quantitative estimate of drug-likeness (QED) is 0.349. The number of phenolic OH excluding ortho intramolecular Hbond substituents is 2. The molecule has 0 aromatic heterocycles. The maximum Gasteiger partial charge on any atom is 2.00 e. The first-order valence-corrected chi connectivity index (χ1v) is 16.0. The van der Waals surface area contributed by atoms with Crippen LogP contribution in [-0.2, 0) is 50.0 Å². The fourth-order valence-electron chi connectivity index (χ4n) is 5.27. The number of aliphatic carboxylic acids is 2. The Morgan fingerprint density at radius 2 is 1.04 bits per heavy atom. The van der Waals surface area contributed by atoms with E-state index in [1.165, 1.54) is 11.1 Å². The minimum atomic E-state index is -1.08. The van der Waals surface area contributed by atoms with Crippen molar-refractivity contribution in [2.45, 2.75) is 137 Å². The number of aromatic hydroxyl groups is 2. The number of carbonyl (C=O) groups excluding carboxylic acids is 2. The summed E-state index contributed by atoms with van der Waals surface area (Å²) >= 11 is 0. The number of aliphatic imine (C=N–C) groups is 2. The molecule has 9 heteroatoms. The molecule has 2 unspecified atom stereocenters. The van der Waals surface area contributed by atoms with Crippen LogP contribution in [0.1, 0.15) is 135 Å². The number of nitrogens with zero attached hydrogens (tertiary/aromatic N) is 2. The van der Waals surface area contributed by atoms with Crippen molar-refractivity contribution in [3.63, 3.8) is 0 Å². The number of aryl methyl sites for hydroxylation is 2. The van der Waals surface area contributed by atoms with E-state index in [9.17, 15) is 10.2 Å². The van der Waals surface area contributed by atoms with Crippen molar-refractivity contribution in [2.24, 2.45) is 9.98 Å². The van der Waals surface area contributed by atoms with Crippen LogP contribution in [0.3, 0.4) is 0 Å². The van der Waals surface area contributed by atoms with Gasteiger partial charge in [-0.05, 0) is 80.0 Å². The molecule has 1 fully saturated rings. The molecule has 0 saturated heterocycles. The summed E-state index contributed by atoms with van der Waals surface area (Å²) in [4.78, 5) is 27.7. The predicted molar refractivity (Wildman–Crippen MR) is 180 cm³/mol. The number of carbonyl (C=O) groups is 2. The van der Waals surface area contributed by atoms with Gasteiger partial charge in [-0.15, -0.1) is 0 Å². The molecule has 3 rings (SSSR count). The van der Waals surface area contributed by atoms with Crippen LogP contribution in [0.15, 0.2) is 34.3 Å². The van der Waals surface area contributed by atoms with Crippen molar-refractivity contribution in [2.75, 3.05) is 0 Å². The second-order valence-corrected chi connectivity index (χ2v) is 13.8. The summed E-state index contributed by atoms with van der Waals surface area (Å²) in [5.41, 5.74) is 5.73. The van der Waals surface area contributed by atoms with E-state index in [0.29, 0.717) is 11.5 Å². The Bertz CT molecular complexity index is 1230. The van der Waals surface area contributed by atoms with Gasteiger partial charge in [0, 0.05) is 46.6 Å². The summed E-state index contributed by atoms with van der Waals surface area (Å²) < 4.78 is 0. The van der Waals surface area contributed by atoms with Gasteiger partial charge in [0.2, 0.25) is 0 Å². The van der Waals surface area contributed by atoms with Crippen LogP contribution in [0.2, 0.25) is 0 Å². The van der Waals surface area contributed by atoms with E-state index < -0.39 is 11.9 Å². The van der Waals surface area contributed by atoms with Crippen molar-refractivity contribution in [1.82, 2.24) is 0 Å². The zero-order valence-corrected chi connectivity index (χ0v) is 30.4. The Kier molecular flexibility index (Phi) is 18.1. The van der Waals surface area contributed by atoms with Crippen LogP contribution >= 0.6 is 0 Å². The average Bonchev–Trinajstić information content (AvgIpc) is 3.34. The molecule has 0 heterocycles. The second-order valence-electron chi connectivity index (χ2n) is 13.8. The van der Waals surface area contributed by atoms with Gasteiger partial charge in [0.05, 0.1) is 12.1 Å². The van der Waals surface area contributed by atoms with E-state index in [1.54, 1.807) is 0 Å². The molecule has 8 nitrogen and oxygen atoms in total. The zero-order valence-electron chi connectivity index (χ0n) is 29.3. The second kappa shape index (κ2) is 19.5. The molecule has 1 aliphatic rings. The number of carboxylic acids is 2. The molecular weight excluding hydrogens is 627 g/mol. The number of rotatable bonds is 8. The minimum absolute atomic E-state index is 0. The van der Waals surface area contributed by atoms with Gasteiger partial charge in [0.15, 0.2) is 0 Å². The van der Waals surface area contributed by atoms with Gasteiger partial charge in [0.25, 0.3) is 0 Å². The third-order valence-electron chi connectivity index (χ3n) is 7.35. The molecule has 0 amide bonds. The van der Waals surface area contributed by atoms with E-state index in [1.807, 2.05) is 12.4 Å². The average molecular weight is 682 g/mol. The number of carboxylic acid groups (broad SMARTS) is 2. The maximum atomic E-state index is 11.1. The van der Waals surface area contributed by atoms with Crippen molar-refractivity contribution in [1.29, 1.82) is 0 Å². The molecule has 1 saturated carbocycles. The van der Waals surface area contributed by atoms with Crippen molar-refractivity contribution < 1.29 is 46.8 Å². The first kappa shape index (κ1) is 42.8. The Labute approximate surface area is 286 Å². The third kappa shape index (κ3) is 14.5. The van der Waals surface area contributed by atoms with Gasteiger partial charge >= 0.3 is 16.8 Å². The SMILES string of the molecule is CC(=O)[O-].CC(=O)[O-].CCCc1cc(C=NC2CCCC2N=Cc2cc(CCC)cc(C(C)(C)C)c2O)c(O)c(C(C)(C)C)c1.[Co+2]. The van der Waals surface area contributed by atoms with Crippen molar-refractivity contribution in [3.8, 4) is 11.5 Å². The smallest absolute Gasteiger partial charge is 0.550 e. The molecule has 2 N–H and O–H groups in total. The van der Waals surface area contributed by atoms with Gasteiger partial charge in [-0.3, -0.25) is 9.98 Å². The van der Waals surface area contributed by atoms with Gasteiger partial charge in [-0.25, -0.2) is 0 Å². The van der Waals surface area contributed by atoms with Crippen LogP contribution < -0.4 is 10.2 Å². The molecule has 0 aliphatic heterocycles. The van der Waals surface area contributed by atoms with Crippen LogP contribution in [0.4, 0.5) is 0 Å². The van der Waals surface area contributed by atoms with Crippen LogP contribution in [0, 0.1) is 0 Å². The largest absolute Gasteiger partial charge is 2.00 e. The maximum absolute atomic E-state index is 11.1. The fraction of sp³-hybridized carbons (Fsp3) is 0.568. The Morgan fingerprint density at radius 3 is 1.30 bits per heavy atom.